The second-order valence-corrected chi connectivity index (χ2v) is 5.59. The largest absolute Gasteiger partial charge is 0.497 e. The summed E-state index contributed by atoms with van der Waals surface area (Å²) in [5.41, 5.74) is -1.92. The first kappa shape index (κ1) is 17.1. The Balaban J connectivity index is 3.27. The van der Waals surface area contributed by atoms with Gasteiger partial charge in [0.25, 0.3) is 0 Å². The highest BCUT2D eigenvalue weighted by molar-refractivity contribution is 5.97. The van der Waals surface area contributed by atoms with Crippen LogP contribution in [0.15, 0.2) is 24.8 Å². The molecular formula is C15H18F3NO2. The van der Waals surface area contributed by atoms with Crippen molar-refractivity contribution in [2.75, 3.05) is 12.4 Å². The lowest BCUT2D eigenvalue weighted by Gasteiger charge is -2.21. The number of alkyl halides is 3. The van der Waals surface area contributed by atoms with Crippen molar-refractivity contribution in [2.24, 2.45) is 5.41 Å². The molecule has 0 saturated heterocycles. The highest BCUT2D eigenvalue weighted by Crippen LogP contribution is 2.38. The van der Waals surface area contributed by atoms with Crippen LogP contribution in [0.3, 0.4) is 0 Å². The van der Waals surface area contributed by atoms with E-state index in [1.807, 2.05) is 0 Å². The molecule has 21 heavy (non-hydrogen) atoms. The van der Waals surface area contributed by atoms with Gasteiger partial charge in [0.1, 0.15) is 5.75 Å². The number of ether oxygens (including phenoxy) is 1. The Hall–Kier alpha value is -1.98. The van der Waals surface area contributed by atoms with E-state index in [0.717, 1.165) is 0 Å². The van der Waals surface area contributed by atoms with E-state index in [9.17, 15) is 18.0 Å². The van der Waals surface area contributed by atoms with Crippen molar-refractivity contribution in [1.82, 2.24) is 0 Å². The number of anilines is 1. The lowest BCUT2D eigenvalue weighted by Crippen LogP contribution is -2.28. The van der Waals surface area contributed by atoms with Gasteiger partial charge in [0.2, 0.25) is 5.91 Å². The van der Waals surface area contributed by atoms with E-state index in [-0.39, 0.29) is 22.9 Å². The van der Waals surface area contributed by atoms with Crippen molar-refractivity contribution in [2.45, 2.75) is 26.9 Å². The molecule has 0 bridgehead atoms. The van der Waals surface area contributed by atoms with Crippen LogP contribution < -0.4 is 10.1 Å². The Bertz CT molecular complexity index is 557. The minimum Gasteiger partial charge on any atom is -0.497 e. The van der Waals surface area contributed by atoms with Crippen LogP contribution in [-0.4, -0.2) is 19.2 Å². The zero-order chi connectivity index (χ0) is 16.4. The van der Waals surface area contributed by atoms with E-state index in [2.05, 4.69) is 11.9 Å². The van der Waals surface area contributed by atoms with Gasteiger partial charge in [-0.15, -0.1) is 0 Å². The van der Waals surface area contributed by atoms with E-state index in [0.29, 0.717) is 0 Å². The van der Waals surface area contributed by atoms with Crippen LogP contribution in [0.5, 0.6) is 5.75 Å². The van der Waals surface area contributed by atoms with Crippen LogP contribution in [0.2, 0.25) is 0 Å². The van der Waals surface area contributed by atoms with Gasteiger partial charge < -0.3 is 10.1 Å². The summed E-state index contributed by atoms with van der Waals surface area (Å²) in [6, 6.07) is 4.05. The Morgan fingerprint density at radius 1 is 1.24 bits per heavy atom. The molecule has 0 saturated carbocycles. The summed E-state index contributed by atoms with van der Waals surface area (Å²) in [4.78, 5) is 12.0. The third-order valence-electron chi connectivity index (χ3n) is 2.82. The molecule has 116 valence electrons. The van der Waals surface area contributed by atoms with Crippen LogP contribution in [0.4, 0.5) is 18.9 Å². The highest BCUT2D eigenvalue weighted by atomic mass is 19.4. The van der Waals surface area contributed by atoms with E-state index in [1.54, 1.807) is 20.8 Å². The molecule has 0 atom stereocenters. The van der Waals surface area contributed by atoms with Gasteiger partial charge >= 0.3 is 6.18 Å². The summed E-state index contributed by atoms with van der Waals surface area (Å²) in [5.74, 6) is -0.131. The third-order valence-corrected chi connectivity index (χ3v) is 2.82. The molecule has 0 aliphatic rings. The van der Waals surface area contributed by atoms with E-state index >= 15 is 0 Å². The number of benzene rings is 1. The monoisotopic (exact) mass is 301 g/mol. The van der Waals surface area contributed by atoms with Gasteiger partial charge in [0, 0.05) is 16.7 Å². The Morgan fingerprint density at radius 3 is 2.24 bits per heavy atom. The SMILES string of the molecule is C=C(c1cc(OC)ccc1NC(=O)C(C)(C)C)C(F)(F)F. The molecule has 0 unspecified atom stereocenters. The average molecular weight is 301 g/mol. The Labute approximate surface area is 121 Å². The summed E-state index contributed by atoms with van der Waals surface area (Å²) < 4.78 is 43.5. The molecule has 0 aliphatic heterocycles. The van der Waals surface area contributed by atoms with Crippen LogP contribution >= 0.6 is 0 Å². The molecule has 0 aromatic heterocycles. The fourth-order valence-corrected chi connectivity index (χ4v) is 1.47. The molecule has 0 heterocycles. The fourth-order valence-electron chi connectivity index (χ4n) is 1.47. The smallest absolute Gasteiger partial charge is 0.416 e. The number of methoxy groups -OCH3 is 1. The number of carbonyl (C=O) groups is 1. The molecule has 1 aromatic carbocycles. The van der Waals surface area contributed by atoms with Crippen LogP contribution in [-0.2, 0) is 4.79 Å². The first-order valence-corrected chi connectivity index (χ1v) is 6.23. The van der Waals surface area contributed by atoms with Crippen molar-refractivity contribution >= 4 is 17.2 Å². The molecule has 1 amide bonds. The molecule has 1 aromatic rings. The maximum Gasteiger partial charge on any atom is 0.416 e. The maximum atomic E-state index is 12.9. The second-order valence-electron chi connectivity index (χ2n) is 5.59. The Kier molecular flexibility index (Phi) is 4.71. The second kappa shape index (κ2) is 5.79. The summed E-state index contributed by atoms with van der Waals surface area (Å²) in [5, 5.41) is 2.50. The summed E-state index contributed by atoms with van der Waals surface area (Å²) in [7, 11) is 1.35. The maximum absolute atomic E-state index is 12.9. The van der Waals surface area contributed by atoms with Crippen molar-refractivity contribution < 1.29 is 22.7 Å². The van der Waals surface area contributed by atoms with Gasteiger partial charge in [-0.25, -0.2) is 0 Å². The minimum atomic E-state index is -4.59. The van der Waals surface area contributed by atoms with Crippen LogP contribution in [0.25, 0.3) is 5.57 Å². The predicted molar refractivity (Wildman–Crippen MR) is 76.2 cm³/mol. The third kappa shape index (κ3) is 4.24. The minimum absolute atomic E-state index is 0.0538. The number of allylic oxidation sites excluding steroid dienone is 1. The number of rotatable bonds is 3. The molecule has 0 aliphatic carbocycles. The zero-order valence-corrected chi connectivity index (χ0v) is 12.4. The van der Waals surface area contributed by atoms with E-state index < -0.39 is 17.2 Å². The lowest BCUT2D eigenvalue weighted by molar-refractivity contribution is -0.123. The number of nitrogens with one attached hydrogen (secondary N) is 1. The predicted octanol–water partition coefficient (Wildman–Crippen LogP) is 4.26. The molecule has 1 N–H and O–H groups in total. The van der Waals surface area contributed by atoms with E-state index in [4.69, 9.17) is 4.74 Å². The number of carbonyl (C=O) groups excluding carboxylic acids is 1. The Morgan fingerprint density at radius 2 is 1.81 bits per heavy atom. The summed E-state index contributed by atoms with van der Waals surface area (Å²) in [6.07, 6.45) is -4.59. The molecule has 0 radical (unpaired) electrons. The van der Waals surface area contributed by atoms with Crippen LogP contribution in [0.1, 0.15) is 26.3 Å². The summed E-state index contributed by atoms with van der Waals surface area (Å²) >= 11 is 0. The average Bonchev–Trinajstić information content (AvgIpc) is 2.36. The summed E-state index contributed by atoms with van der Waals surface area (Å²) in [6.45, 7) is 8.08. The van der Waals surface area contributed by atoms with Gasteiger partial charge in [-0.2, -0.15) is 13.2 Å². The fraction of sp³-hybridized carbons (Fsp3) is 0.400. The van der Waals surface area contributed by atoms with Crippen molar-refractivity contribution in [3.63, 3.8) is 0 Å². The standard InChI is InChI=1S/C15H18F3NO2/c1-9(15(16,17)18)11-8-10(21-5)6-7-12(11)19-13(20)14(2,3)4/h6-8H,1H2,2-5H3,(H,19,20). The zero-order valence-electron chi connectivity index (χ0n) is 12.4. The first-order valence-electron chi connectivity index (χ1n) is 6.23. The topological polar surface area (TPSA) is 38.3 Å². The van der Waals surface area contributed by atoms with Crippen molar-refractivity contribution in [3.8, 4) is 5.75 Å². The van der Waals surface area contributed by atoms with Crippen molar-refractivity contribution in [3.05, 3.63) is 30.3 Å². The quantitative estimate of drug-likeness (QED) is 0.906. The number of amides is 1. The normalized spacial score (nSPS) is 12.0. The van der Waals surface area contributed by atoms with Crippen LogP contribution in [0, 0.1) is 5.41 Å². The molecule has 3 nitrogen and oxygen atoms in total. The number of hydrogen-bond donors (Lipinski definition) is 1. The number of hydrogen-bond acceptors (Lipinski definition) is 2. The van der Waals surface area contributed by atoms with Gasteiger partial charge in [-0.3, -0.25) is 4.79 Å². The lowest BCUT2D eigenvalue weighted by atomic mass is 9.95. The number of halogens is 3. The molecule has 1 rings (SSSR count). The van der Waals surface area contributed by atoms with Gasteiger partial charge in [0.15, 0.2) is 0 Å². The first-order chi connectivity index (χ1) is 9.46. The molecule has 0 fully saturated rings. The van der Waals surface area contributed by atoms with Gasteiger partial charge in [0.05, 0.1) is 12.7 Å². The van der Waals surface area contributed by atoms with Gasteiger partial charge in [-0.05, 0) is 18.2 Å². The van der Waals surface area contributed by atoms with E-state index in [1.165, 1.54) is 25.3 Å². The molecule has 6 heteroatoms. The van der Waals surface area contributed by atoms with Crippen molar-refractivity contribution in [1.29, 1.82) is 0 Å². The highest BCUT2D eigenvalue weighted by Gasteiger charge is 2.35. The molecular weight excluding hydrogens is 283 g/mol. The van der Waals surface area contributed by atoms with Gasteiger partial charge in [-0.1, -0.05) is 27.4 Å². The molecule has 0 spiro atoms.